The molecule has 0 heterocycles. The molecule has 22 heavy (non-hydrogen) atoms. The van der Waals surface area contributed by atoms with E-state index < -0.39 is 11.8 Å². The van der Waals surface area contributed by atoms with E-state index in [9.17, 15) is 14.7 Å². The van der Waals surface area contributed by atoms with Crippen LogP contribution in [0, 0.1) is 6.92 Å². The molecule has 2 aromatic rings. The van der Waals surface area contributed by atoms with E-state index in [0.29, 0.717) is 5.56 Å². The average Bonchev–Trinajstić information content (AvgIpc) is 2.54. The minimum absolute atomic E-state index is 0.103. The van der Waals surface area contributed by atoms with Gasteiger partial charge in [-0.25, -0.2) is 0 Å². The highest BCUT2D eigenvalue weighted by molar-refractivity contribution is 5.99. The summed E-state index contributed by atoms with van der Waals surface area (Å²) in [4.78, 5) is 23.5. The van der Waals surface area contributed by atoms with Gasteiger partial charge in [-0.3, -0.25) is 20.4 Å². The van der Waals surface area contributed by atoms with Gasteiger partial charge in [-0.05, 0) is 30.2 Å². The number of nitrogens with one attached hydrogen (secondary N) is 2. The fraction of sp³-hybridized carbons (Fsp3) is 0.0588. The molecule has 0 aliphatic rings. The lowest BCUT2D eigenvalue weighted by molar-refractivity contribution is -0.117. The lowest BCUT2D eigenvalue weighted by atomic mass is 10.1. The third-order valence-corrected chi connectivity index (χ3v) is 3.01. The Kier molecular flexibility index (Phi) is 4.93. The summed E-state index contributed by atoms with van der Waals surface area (Å²) >= 11 is 0. The van der Waals surface area contributed by atoms with E-state index in [0.717, 1.165) is 5.56 Å². The van der Waals surface area contributed by atoms with Gasteiger partial charge in [-0.15, -0.1) is 0 Å². The van der Waals surface area contributed by atoms with Crippen molar-refractivity contribution in [3.8, 4) is 5.75 Å². The fourth-order valence-corrected chi connectivity index (χ4v) is 1.81. The number of hydrazine groups is 1. The maximum Gasteiger partial charge on any atom is 0.273 e. The van der Waals surface area contributed by atoms with Crippen LogP contribution in [-0.4, -0.2) is 16.9 Å². The predicted molar refractivity (Wildman–Crippen MR) is 83.9 cm³/mol. The molecule has 2 amide bonds. The van der Waals surface area contributed by atoms with Crippen molar-refractivity contribution in [2.45, 2.75) is 6.92 Å². The molecule has 0 aromatic heterocycles. The van der Waals surface area contributed by atoms with Gasteiger partial charge in [0.15, 0.2) is 0 Å². The number of benzene rings is 2. The number of phenols is 1. The number of aromatic hydroxyl groups is 1. The zero-order valence-electron chi connectivity index (χ0n) is 12.0. The van der Waals surface area contributed by atoms with Crippen molar-refractivity contribution >= 4 is 17.9 Å². The number of hydrogen-bond donors (Lipinski definition) is 3. The van der Waals surface area contributed by atoms with E-state index in [-0.39, 0.29) is 11.3 Å². The Bertz CT molecular complexity index is 709. The van der Waals surface area contributed by atoms with E-state index >= 15 is 0 Å². The SMILES string of the molecule is Cc1cccc(C(=O)NNC(=O)/C=C\c2ccccc2)c1O. The maximum absolute atomic E-state index is 11.9. The highest BCUT2D eigenvalue weighted by Gasteiger charge is 2.12. The standard InChI is InChI=1S/C17H16N2O3/c1-12-6-5-9-14(16(12)21)17(22)19-18-15(20)11-10-13-7-3-2-4-8-13/h2-11,21H,1H3,(H,18,20)(H,19,22)/b11-10-. The molecule has 0 bridgehead atoms. The largest absolute Gasteiger partial charge is 0.507 e. The van der Waals surface area contributed by atoms with Gasteiger partial charge in [-0.1, -0.05) is 42.5 Å². The van der Waals surface area contributed by atoms with Gasteiger partial charge in [-0.2, -0.15) is 0 Å². The normalized spacial score (nSPS) is 10.4. The number of para-hydroxylation sites is 1. The first kappa shape index (κ1) is 15.3. The molecule has 0 unspecified atom stereocenters. The van der Waals surface area contributed by atoms with Crippen molar-refractivity contribution in [2.24, 2.45) is 0 Å². The van der Waals surface area contributed by atoms with E-state index in [1.165, 1.54) is 12.1 Å². The molecule has 5 nitrogen and oxygen atoms in total. The molecule has 112 valence electrons. The van der Waals surface area contributed by atoms with Crippen molar-refractivity contribution < 1.29 is 14.7 Å². The second kappa shape index (κ2) is 7.08. The molecule has 0 aliphatic carbocycles. The van der Waals surface area contributed by atoms with E-state index in [4.69, 9.17) is 0 Å². The topological polar surface area (TPSA) is 78.4 Å². The number of aryl methyl sites for hydroxylation is 1. The smallest absolute Gasteiger partial charge is 0.273 e. The first-order valence-electron chi connectivity index (χ1n) is 6.70. The third kappa shape index (κ3) is 3.96. The number of amides is 2. The zero-order valence-corrected chi connectivity index (χ0v) is 12.0. The number of phenolic OH excluding ortho intramolecular Hbond substituents is 1. The summed E-state index contributed by atoms with van der Waals surface area (Å²) < 4.78 is 0. The molecule has 0 saturated heterocycles. The number of rotatable bonds is 3. The van der Waals surface area contributed by atoms with Crippen LogP contribution >= 0.6 is 0 Å². The summed E-state index contributed by atoms with van der Waals surface area (Å²) in [5, 5.41) is 9.80. The Hall–Kier alpha value is -3.08. The first-order chi connectivity index (χ1) is 10.6. The van der Waals surface area contributed by atoms with Crippen LogP contribution < -0.4 is 10.9 Å². The van der Waals surface area contributed by atoms with Crippen molar-refractivity contribution in [1.82, 2.24) is 10.9 Å². The van der Waals surface area contributed by atoms with Gasteiger partial charge >= 0.3 is 0 Å². The van der Waals surface area contributed by atoms with Gasteiger partial charge in [0.1, 0.15) is 5.75 Å². The van der Waals surface area contributed by atoms with Crippen LogP contribution in [0.25, 0.3) is 6.08 Å². The minimum atomic E-state index is -0.581. The van der Waals surface area contributed by atoms with Crippen molar-refractivity contribution in [3.63, 3.8) is 0 Å². The summed E-state index contributed by atoms with van der Waals surface area (Å²) in [6.07, 6.45) is 2.94. The second-order valence-corrected chi connectivity index (χ2v) is 4.66. The minimum Gasteiger partial charge on any atom is -0.507 e. The second-order valence-electron chi connectivity index (χ2n) is 4.66. The Balaban J connectivity index is 1.92. The van der Waals surface area contributed by atoms with Crippen molar-refractivity contribution in [1.29, 1.82) is 0 Å². The van der Waals surface area contributed by atoms with Gasteiger partial charge in [0.2, 0.25) is 0 Å². The van der Waals surface area contributed by atoms with Gasteiger partial charge in [0.25, 0.3) is 11.8 Å². The lowest BCUT2D eigenvalue weighted by Crippen LogP contribution is -2.40. The van der Waals surface area contributed by atoms with Crippen LogP contribution in [0.1, 0.15) is 21.5 Å². The number of carbonyl (C=O) groups excluding carboxylic acids is 2. The van der Waals surface area contributed by atoms with E-state index in [1.54, 1.807) is 25.1 Å². The van der Waals surface area contributed by atoms with Crippen LogP contribution in [0.4, 0.5) is 0 Å². The van der Waals surface area contributed by atoms with Crippen molar-refractivity contribution in [2.75, 3.05) is 0 Å². The molecule has 3 N–H and O–H groups in total. The quantitative estimate of drug-likeness (QED) is 0.600. The van der Waals surface area contributed by atoms with Gasteiger partial charge in [0.05, 0.1) is 5.56 Å². The highest BCUT2D eigenvalue weighted by atomic mass is 16.3. The molecule has 0 aliphatic heterocycles. The number of carbonyl (C=O) groups is 2. The molecular weight excluding hydrogens is 280 g/mol. The van der Waals surface area contributed by atoms with E-state index in [1.807, 2.05) is 30.3 Å². The molecule has 2 rings (SSSR count). The van der Waals surface area contributed by atoms with Gasteiger partial charge < -0.3 is 5.11 Å². The summed E-state index contributed by atoms with van der Waals surface area (Å²) in [7, 11) is 0. The zero-order chi connectivity index (χ0) is 15.9. The maximum atomic E-state index is 11.9. The molecular formula is C17H16N2O3. The molecule has 5 heteroatoms. The van der Waals surface area contributed by atoms with Crippen LogP contribution in [0.15, 0.2) is 54.6 Å². The fourth-order valence-electron chi connectivity index (χ4n) is 1.81. The summed E-state index contributed by atoms with van der Waals surface area (Å²) in [5.74, 6) is -1.15. The Labute approximate surface area is 128 Å². The highest BCUT2D eigenvalue weighted by Crippen LogP contribution is 2.20. The Morgan fingerprint density at radius 2 is 1.73 bits per heavy atom. The molecule has 0 atom stereocenters. The van der Waals surface area contributed by atoms with Crippen LogP contribution in [0.3, 0.4) is 0 Å². The lowest BCUT2D eigenvalue weighted by Gasteiger charge is -2.08. The Morgan fingerprint density at radius 3 is 2.45 bits per heavy atom. The molecule has 0 radical (unpaired) electrons. The molecule has 2 aromatic carbocycles. The van der Waals surface area contributed by atoms with Crippen LogP contribution in [-0.2, 0) is 4.79 Å². The van der Waals surface area contributed by atoms with Crippen LogP contribution in [0.5, 0.6) is 5.75 Å². The first-order valence-corrected chi connectivity index (χ1v) is 6.70. The summed E-state index contributed by atoms with van der Waals surface area (Å²) in [5.41, 5.74) is 6.08. The molecule has 0 spiro atoms. The molecule has 0 saturated carbocycles. The summed E-state index contributed by atoms with van der Waals surface area (Å²) in [6.45, 7) is 1.69. The number of hydrogen-bond acceptors (Lipinski definition) is 3. The summed E-state index contributed by atoms with van der Waals surface area (Å²) in [6, 6.07) is 14.1. The van der Waals surface area contributed by atoms with Gasteiger partial charge in [0, 0.05) is 6.08 Å². The Morgan fingerprint density at radius 1 is 1.00 bits per heavy atom. The molecule has 0 fully saturated rings. The average molecular weight is 296 g/mol. The predicted octanol–water partition coefficient (Wildman–Crippen LogP) is 2.18. The monoisotopic (exact) mass is 296 g/mol. The van der Waals surface area contributed by atoms with Crippen molar-refractivity contribution in [3.05, 3.63) is 71.3 Å². The van der Waals surface area contributed by atoms with Crippen LogP contribution in [0.2, 0.25) is 0 Å². The third-order valence-electron chi connectivity index (χ3n) is 3.01. The van der Waals surface area contributed by atoms with E-state index in [2.05, 4.69) is 10.9 Å².